The van der Waals surface area contributed by atoms with E-state index in [1.165, 1.54) is 0 Å². The van der Waals surface area contributed by atoms with Crippen molar-refractivity contribution in [3.8, 4) is 0 Å². The molecule has 1 aromatic carbocycles. The standard InChI is InChI=1S/C16H19ClN4O.2ClH/c1-12(21-9-4-7-19-21)16(22)20-10-8-18-11-15(20)13-5-2-3-6-14(13)17;;/h2-7,9,12,15,18H,8,10-11H2,1H3;2*1H. The van der Waals surface area contributed by atoms with Crippen molar-refractivity contribution in [2.45, 2.75) is 19.0 Å². The molecule has 0 radical (unpaired) electrons. The highest BCUT2D eigenvalue weighted by Crippen LogP contribution is 2.29. The summed E-state index contributed by atoms with van der Waals surface area (Å²) in [6.07, 6.45) is 3.50. The minimum atomic E-state index is -0.321. The first-order valence-electron chi connectivity index (χ1n) is 7.43. The number of aromatic nitrogens is 2. The molecule has 1 aliphatic heterocycles. The number of carbonyl (C=O) groups is 1. The largest absolute Gasteiger partial charge is 0.331 e. The molecule has 0 spiro atoms. The highest BCUT2D eigenvalue weighted by molar-refractivity contribution is 6.31. The zero-order valence-corrected chi connectivity index (χ0v) is 15.7. The topological polar surface area (TPSA) is 50.2 Å². The molecule has 24 heavy (non-hydrogen) atoms. The second-order valence-corrected chi connectivity index (χ2v) is 5.84. The van der Waals surface area contributed by atoms with E-state index in [1.54, 1.807) is 10.9 Å². The Morgan fingerprint density at radius 1 is 1.33 bits per heavy atom. The second kappa shape index (κ2) is 9.28. The van der Waals surface area contributed by atoms with Crippen molar-refractivity contribution in [3.05, 3.63) is 53.3 Å². The van der Waals surface area contributed by atoms with Gasteiger partial charge < -0.3 is 10.2 Å². The lowest BCUT2D eigenvalue weighted by atomic mass is 10.0. The molecule has 3 rings (SSSR count). The van der Waals surface area contributed by atoms with Gasteiger partial charge in [0, 0.05) is 37.1 Å². The lowest BCUT2D eigenvalue weighted by Gasteiger charge is -2.38. The van der Waals surface area contributed by atoms with E-state index < -0.39 is 0 Å². The number of amides is 1. The van der Waals surface area contributed by atoms with Gasteiger partial charge in [0.2, 0.25) is 5.91 Å². The van der Waals surface area contributed by atoms with Crippen LogP contribution in [0.3, 0.4) is 0 Å². The van der Waals surface area contributed by atoms with Crippen LogP contribution in [0.4, 0.5) is 0 Å². The number of benzene rings is 1. The Hall–Kier alpha value is -1.27. The molecule has 5 nitrogen and oxygen atoms in total. The minimum absolute atomic E-state index is 0. The summed E-state index contributed by atoms with van der Waals surface area (Å²) in [6, 6.07) is 9.17. The Morgan fingerprint density at radius 2 is 2.08 bits per heavy atom. The average Bonchev–Trinajstić information content (AvgIpc) is 3.08. The molecule has 0 aliphatic carbocycles. The number of rotatable bonds is 3. The molecule has 1 N–H and O–H groups in total. The van der Waals surface area contributed by atoms with Gasteiger partial charge in [-0.1, -0.05) is 29.8 Å². The van der Waals surface area contributed by atoms with E-state index in [9.17, 15) is 4.79 Å². The molecule has 1 aromatic heterocycles. The van der Waals surface area contributed by atoms with Crippen molar-refractivity contribution in [1.29, 1.82) is 0 Å². The monoisotopic (exact) mass is 390 g/mol. The Morgan fingerprint density at radius 3 is 2.75 bits per heavy atom. The predicted octanol–water partition coefficient (Wildman–Crippen LogP) is 3.11. The smallest absolute Gasteiger partial charge is 0.247 e. The van der Waals surface area contributed by atoms with Crippen molar-refractivity contribution in [1.82, 2.24) is 20.0 Å². The van der Waals surface area contributed by atoms with Crippen molar-refractivity contribution in [3.63, 3.8) is 0 Å². The third kappa shape index (κ3) is 4.22. The summed E-state index contributed by atoms with van der Waals surface area (Å²) in [5.74, 6) is 0.0649. The summed E-state index contributed by atoms with van der Waals surface area (Å²) in [5.41, 5.74) is 0.984. The van der Waals surface area contributed by atoms with Crippen LogP contribution in [0, 0.1) is 0 Å². The maximum atomic E-state index is 12.9. The Kier molecular flexibility index (Phi) is 8.03. The fourth-order valence-electron chi connectivity index (χ4n) is 2.85. The summed E-state index contributed by atoms with van der Waals surface area (Å²) in [7, 11) is 0. The quantitative estimate of drug-likeness (QED) is 0.874. The summed E-state index contributed by atoms with van der Waals surface area (Å²) >= 11 is 6.32. The van der Waals surface area contributed by atoms with Crippen molar-refractivity contribution in [2.75, 3.05) is 19.6 Å². The molecule has 1 saturated heterocycles. The lowest BCUT2D eigenvalue weighted by Crippen LogP contribution is -2.50. The molecule has 2 unspecified atom stereocenters. The van der Waals surface area contributed by atoms with Gasteiger partial charge in [-0.25, -0.2) is 0 Å². The van der Waals surface area contributed by atoms with Gasteiger partial charge in [-0.2, -0.15) is 5.10 Å². The van der Waals surface area contributed by atoms with Gasteiger partial charge >= 0.3 is 0 Å². The highest BCUT2D eigenvalue weighted by Gasteiger charge is 2.32. The maximum absolute atomic E-state index is 12.9. The number of nitrogens with zero attached hydrogens (tertiary/aromatic N) is 3. The van der Waals surface area contributed by atoms with Crippen molar-refractivity contribution < 1.29 is 4.79 Å². The van der Waals surface area contributed by atoms with E-state index >= 15 is 0 Å². The van der Waals surface area contributed by atoms with Crippen LogP contribution in [0.25, 0.3) is 0 Å². The molecule has 2 atom stereocenters. The predicted molar refractivity (Wildman–Crippen MR) is 100 cm³/mol. The average molecular weight is 392 g/mol. The first kappa shape index (κ1) is 20.8. The van der Waals surface area contributed by atoms with E-state index in [2.05, 4.69) is 10.4 Å². The van der Waals surface area contributed by atoms with Crippen LogP contribution in [0.15, 0.2) is 42.7 Å². The van der Waals surface area contributed by atoms with Gasteiger partial charge in [0.25, 0.3) is 0 Å². The lowest BCUT2D eigenvalue weighted by molar-refractivity contribution is -0.138. The fourth-order valence-corrected chi connectivity index (χ4v) is 3.12. The van der Waals surface area contributed by atoms with Crippen LogP contribution in [-0.2, 0) is 4.79 Å². The zero-order chi connectivity index (χ0) is 15.5. The van der Waals surface area contributed by atoms with Gasteiger partial charge in [0.05, 0.1) is 6.04 Å². The van der Waals surface area contributed by atoms with Gasteiger partial charge in [0.1, 0.15) is 6.04 Å². The summed E-state index contributed by atoms with van der Waals surface area (Å²) in [5, 5.41) is 8.21. The number of nitrogens with one attached hydrogen (secondary N) is 1. The van der Waals surface area contributed by atoms with Gasteiger partial charge in [-0.3, -0.25) is 9.48 Å². The number of halogens is 3. The van der Waals surface area contributed by atoms with E-state index in [0.29, 0.717) is 18.1 Å². The van der Waals surface area contributed by atoms with Crippen molar-refractivity contribution >= 4 is 42.3 Å². The SMILES string of the molecule is CC(C(=O)N1CCNCC1c1ccccc1Cl)n1cccn1.Cl.Cl. The van der Waals surface area contributed by atoms with Crippen LogP contribution in [0.1, 0.15) is 24.6 Å². The Bertz CT molecular complexity index is 651. The fraction of sp³-hybridized carbons (Fsp3) is 0.375. The number of piperazine rings is 1. The third-order valence-corrected chi connectivity index (χ3v) is 4.41. The van der Waals surface area contributed by atoms with Crippen LogP contribution in [0.5, 0.6) is 0 Å². The summed E-state index contributed by atoms with van der Waals surface area (Å²) in [6.45, 7) is 4.04. The minimum Gasteiger partial charge on any atom is -0.331 e. The van der Waals surface area contributed by atoms with Crippen molar-refractivity contribution in [2.24, 2.45) is 0 Å². The first-order valence-corrected chi connectivity index (χ1v) is 7.81. The summed E-state index contributed by atoms with van der Waals surface area (Å²) in [4.78, 5) is 14.8. The molecule has 8 heteroatoms. The molecular formula is C16H21Cl3N4O. The van der Waals surface area contributed by atoms with Gasteiger partial charge in [-0.15, -0.1) is 24.8 Å². The molecular weight excluding hydrogens is 371 g/mol. The van der Waals surface area contributed by atoms with Crippen LogP contribution in [0.2, 0.25) is 5.02 Å². The Labute approximate surface area is 159 Å². The van der Waals surface area contributed by atoms with E-state index in [-0.39, 0.29) is 42.8 Å². The van der Waals surface area contributed by atoms with Crippen LogP contribution >= 0.6 is 36.4 Å². The number of hydrogen-bond donors (Lipinski definition) is 1. The molecule has 0 saturated carbocycles. The highest BCUT2D eigenvalue weighted by atomic mass is 35.5. The molecule has 2 heterocycles. The van der Waals surface area contributed by atoms with Crippen LogP contribution < -0.4 is 5.32 Å². The van der Waals surface area contributed by atoms with E-state index in [1.807, 2.05) is 48.4 Å². The number of hydrogen-bond acceptors (Lipinski definition) is 3. The molecule has 1 fully saturated rings. The summed E-state index contributed by atoms with van der Waals surface area (Å²) < 4.78 is 1.69. The third-order valence-electron chi connectivity index (χ3n) is 4.07. The van der Waals surface area contributed by atoms with Crippen LogP contribution in [-0.4, -0.2) is 40.2 Å². The van der Waals surface area contributed by atoms with Gasteiger partial charge in [0.15, 0.2) is 0 Å². The van der Waals surface area contributed by atoms with E-state index in [0.717, 1.165) is 12.1 Å². The normalized spacial score (nSPS) is 18.2. The maximum Gasteiger partial charge on any atom is 0.247 e. The Balaban J connectivity index is 0.00000144. The molecule has 1 aliphatic rings. The van der Waals surface area contributed by atoms with Gasteiger partial charge in [-0.05, 0) is 24.6 Å². The molecule has 0 bridgehead atoms. The number of carbonyl (C=O) groups excluding carboxylic acids is 1. The molecule has 1 amide bonds. The molecule has 132 valence electrons. The molecule has 2 aromatic rings. The second-order valence-electron chi connectivity index (χ2n) is 5.44. The van der Waals surface area contributed by atoms with E-state index in [4.69, 9.17) is 11.6 Å². The zero-order valence-electron chi connectivity index (χ0n) is 13.3. The first-order chi connectivity index (χ1) is 10.7.